The molecule has 0 aromatic carbocycles. The van der Waals surface area contributed by atoms with Crippen LogP contribution >= 0.6 is 22.7 Å². The van der Waals surface area contributed by atoms with Crippen LogP contribution in [0.1, 0.15) is 29.5 Å². The molecule has 4 nitrogen and oxygen atoms in total. The second kappa shape index (κ2) is 6.32. The lowest BCUT2D eigenvalue weighted by Gasteiger charge is -2.29. The molecular weight excluding hydrogens is 314 g/mol. The SMILES string of the molecule is c1csc(CN2CCC(c3nnc(-c4cccs4)o3)CC2)c1. The molecule has 0 radical (unpaired) electrons. The molecule has 22 heavy (non-hydrogen) atoms. The molecule has 0 unspecified atom stereocenters. The number of hydrogen-bond acceptors (Lipinski definition) is 6. The Labute approximate surface area is 137 Å². The summed E-state index contributed by atoms with van der Waals surface area (Å²) in [6.45, 7) is 3.26. The summed E-state index contributed by atoms with van der Waals surface area (Å²) in [6, 6.07) is 8.36. The van der Waals surface area contributed by atoms with Crippen molar-refractivity contribution in [2.45, 2.75) is 25.3 Å². The van der Waals surface area contributed by atoms with E-state index in [4.69, 9.17) is 4.42 Å². The van der Waals surface area contributed by atoms with Crippen LogP contribution in [-0.2, 0) is 6.54 Å². The second-order valence-electron chi connectivity index (χ2n) is 5.55. The van der Waals surface area contributed by atoms with Gasteiger partial charge in [0.1, 0.15) is 0 Å². The molecule has 0 atom stereocenters. The summed E-state index contributed by atoms with van der Waals surface area (Å²) in [5.74, 6) is 1.87. The number of aromatic nitrogens is 2. The van der Waals surface area contributed by atoms with Gasteiger partial charge in [-0.05, 0) is 48.8 Å². The maximum atomic E-state index is 5.88. The average molecular weight is 331 g/mol. The van der Waals surface area contributed by atoms with Crippen LogP contribution in [0.25, 0.3) is 10.8 Å². The third-order valence-electron chi connectivity index (χ3n) is 4.07. The largest absolute Gasteiger partial charge is 0.420 e. The van der Waals surface area contributed by atoms with Crippen molar-refractivity contribution in [2.75, 3.05) is 13.1 Å². The van der Waals surface area contributed by atoms with E-state index in [1.165, 1.54) is 4.88 Å². The molecule has 6 heteroatoms. The first-order chi connectivity index (χ1) is 10.9. The fourth-order valence-corrected chi connectivity index (χ4v) is 4.25. The van der Waals surface area contributed by atoms with Gasteiger partial charge < -0.3 is 4.42 Å². The summed E-state index contributed by atoms with van der Waals surface area (Å²) in [6.07, 6.45) is 2.19. The highest BCUT2D eigenvalue weighted by molar-refractivity contribution is 7.13. The van der Waals surface area contributed by atoms with Gasteiger partial charge in [0.05, 0.1) is 4.88 Å². The molecule has 1 fully saturated rings. The summed E-state index contributed by atoms with van der Waals surface area (Å²) >= 11 is 3.47. The molecule has 0 amide bonds. The Bertz CT molecular complexity index is 698. The maximum absolute atomic E-state index is 5.88. The summed E-state index contributed by atoms with van der Waals surface area (Å²) < 4.78 is 5.88. The van der Waals surface area contributed by atoms with Gasteiger partial charge in [0, 0.05) is 17.3 Å². The van der Waals surface area contributed by atoms with Gasteiger partial charge in [-0.2, -0.15) is 0 Å². The monoisotopic (exact) mass is 331 g/mol. The Morgan fingerprint density at radius 1 is 1.09 bits per heavy atom. The summed E-state index contributed by atoms with van der Waals surface area (Å²) in [5, 5.41) is 12.6. The summed E-state index contributed by atoms with van der Waals surface area (Å²) in [7, 11) is 0. The molecule has 0 N–H and O–H groups in total. The number of hydrogen-bond donors (Lipinski definition) is 0. The molecule has 0 saturated carbocycles. The van der Waals surface area contributed by atoms with Crippen LogP contribution in [0.15, 0.2) is 39.4 Å². The van der Waals surface area contributed by atoms with E-state index in [1.807, 2.05) is 28.8 Å². The fourth-order valence-electron chi connectivity index (χ4n) is 2.86. The van der Waals surface area contributed by atoms with Crippen molar-refractivity contribution in [3.8, 4) is 10.8 Å². The summed E-state index contributed by atoms with van der Waals surface area (Å²) in [4.78, 5) is 5.00. The molecule has 1 aliphatic rings. The van der Waals surface area contributed by atoms with E-state index in [9.17, 15) is 0 Å². The molecule has 3 aromatic rings. The van der Waals surface area contributed by atoms with Crippen molar-refractivity contribution in [2.24, 2.45) is 0 Å². The van der Waals surface area contributed by atoms with Gasteiger partial charge in [-0.3, -0.25) is 4.90 Å². The number of rotatable bonds is 4. The average Bonchev–Trinajstić information content (AvgIpc) is 3.30. The van der Waals surface area contributed by atoms with E-state index in [-0.39, 0.29) is 0 Å². The second-order valence-corrected chi connectivity index (χ2v) is 7.53. The van der Waals surface area contributed by atoms with Gasteiger partial charge in [0.15, 0.2) is 0 Å². The van der Waals surface area contributed by atoms with Gasteiger partial charge in [-0.25, -0.2) is 0 Å². The normalized spacial score (nSPS) is 17.1. The molecule has 0 aliphatic carbocycles. The topological polar surface area (TPSA) is 42.2 Å². The lowest BCUT2D eigenvalue weighted by molar-refractivity contribution is 0.194. The van der Waals surface area contributed by atoms with Crippen molar-refractivity contribution in [3.05, 3.63) is 45.8 Å². The third-order valence-corrected chi connectivity index (χ3v) is 5.79. The maximum Gasteiger partial charge on any atom is 0.257 e. The minimum atomic E-state index is 0.404. The van der Waals surface area contributed by atoms with E-state index in [1.54, 1.807) is 11.3 Å². The Hall–Kier alpha value is -1.50. The number of piperidine rings is 1. The number of thiophene rings is 2. The van der Waals surface area contributed by atoms with Gasteiger partial charge in [0.25, 0.3) is 5.89 Å². The number of nitrogens with zero attached hydrogens (tertiary/aromatic N) is 3. The van der Waals surface area contributed by atoms with E-state index >= 15 is 0 Å². The van der Waals surface area contributed by atoms with Crippen LogP contribution in [0.2, 0.25) is 0 Å². The van der Waals surface area contributed by atoms with E-state index in [0.29, 0.717) is 11.8 Å². The van der Waals surface area contributed by atoms with Crippen molar-refractivity contribution in [1.82, 2.24) is 15.1 Å². The van der Waals surface area contributed by atoms with Gasteiger partial charge in [-0.1, -0.05) is 12.1 Å². The highest BCUT2D eigenvalue weighted by Crippen LogP contribution is 2.31. The van der Waals surface area contributed by atoms with Crippen LogP contribution in [0.4, 0.5) is 0 Å². The molecule has 1 saturated heterocycles. The zero-order valence-corrected chi connectivity index (χ0v) is 13.8. The molecular formula is C16H17N3OS2. The minimum absolute atomic E-state index is 0.404. The van der Waals surface area contributed by atoms with Crippen LogP contribution in [0.3, 0.4) is 0 Å². The van der Waals surface area contributed by atoms with Crippen molar-refractivity contribution >= 4 is 22.7 Å². The first kappa shape index (κ1) is 14.1. The lowest BCUT2D eigenvalue weighted by Crippen LogP contribution is -2.32. The Balaban J connectivity index is 1.37. The zero-order chi connectivity index (χ0) is 14.8. The first-order valence-corrected chi connectivity index (χ1v) is 9.26. The molecule has 0 spiro atoms. The molecule has 1 aliphatic heterocycles. The van der Waals surface area contributed by atoms with E-state index in [0.717, 1.165) is 43.2 Å². The van der Waals surface area contributed by atoms with Crippen LogP contribution in [-0.4, -0.2) is 28.2 Å². The Morgan fingerprint density at radius 3 is 2.64 bits per heavy atom. The summed E-state index contributed by atoms with van der Waals surface area (Å²) in [5.41, 5.74) is 0. The molecule has 3 aromatic heterocycles. The zero-order valence-electron chi connectivity index (χ0n) is 12.1. The molecule has 4 rings (SSSR count). The van der Waals surface area contributed by atoms with Crippen LogP contribution in [0.5, 0.6) is 0 Å². The third kappa shape index (κ3) is 2.99. The molecule has 4 heterocycles. The quantitative estimate of drug-likeness (QED) is 0.717. The molecule has 0 bridgehead atoms. The molecule has 114 valence electrons. The predicted octanol–water partition coefficient (Wildman–Crippen LogP) is 4.24. The lowest BCUT2D eigenvalue weighted by atomic mass is 9.97. The van der Waals surface area contributed by atoms with Crippen molar-refractivity contribution < 1.29 is 4.42 Å². The van der Waals surface area contributed by atoms with Crippen LogP contribution < -0.4 is 0 Å². The standard InChI is InChI=1S/C16H17N3OS2/c1-3-13(21-9-1)11-19-7-5-12(6-8-19)15-17-18-16(20-15)14-4-2-10-22-14/h1-4,9-10,12H,5-8,11H2. The minimum Gasteiger partial charge on any atom is -0.420 e. The van der Waals surface area contributed by atoms with Crippen molar-refractivity contribution in [1.29, 1.82) is 0 Å². The van der Waals surface area contributed by atoms with Crippen molar-refractivity contribution in [3.63, 3.8) is 0 Å². The Kier molecular flexibility index (Phi) is 4.05. The van der Waals surface area contributed by atoms with Gasteiger partial charge in [0.2, 0.25) is 5.89 Å². The van der Waals surface area contributed by atoms with E-state index in [2.05, 4.69) is 32.6 Å². The smallest absolute Gasteiger partial charge is 0.257 e. The van der Waals surface area contributed by atoms with Gasteiger partial charge in [-0.15, -0.1) is 32.9 Å². The highest BCUT2D eigenvalue weighted by atomic mass is 32.1. The first-order valence-electron chi connectivity index (χ1n) is 7.50. The van der Waals surface area contributed by atoms with E-state index < -0.39 is 0 Å². The number of likely N-dealkylation sites (tertiary alicyclic amines) is 1. The predicted molar refractivity (Wildman–Crippen MR) is 89.2 cm³/mol. The highest BCUT2D eigenvalue weighted by Gasteiger charge is 2.25. The fraction of sp³-hybridized carbons (Fsp3) is 0.375. The van der Waals surface area contributed by atoms with Crippen LogP contribution in [0, 0.1) is 0 Å². The van der Waals surface area contributed by atoms with Gasteiger partial charge >= 0.3 is 0 Å². The Morgan fingerprint density at radius 2 is 1.91 bits per heavy atom.